The van der Waals surface area contributed by atoms with Crippen LogP contribution in [-0.4, -0.2) is 35.4 Å². The summed E-state index contributed by atoms with van der Waals surface area (Å²) in [4.78, 5) is 35.1. The topological polar surface area (TPSA) is 108 Å². The van der Waals surface area contributed by atoms with E-state index in [1.807, 2.05) is 0 Å². The van der Waals surface area contributed by atoms with Crippen LogP contribution in [0.5, 0.6) is 0 Å². The average Bonchev–Trinajstić information content (AvgIpc) is 2.75. The quantitative estimate of drug-likeness (QED) is 0.279. The molecule has 1 aromatic carbocycles. The SMILES string of the molecule is C=C/C=C\C(=C/C=C)C(O)c1ccc(NC(=O)C(CCCCNC(C)=O)NC(C)=O)cc1. The molecule has 3 amide bonds. The van der Waals surface area contributed by atoms with Gasteiger partial charge >= 0.3 is 0 Å². The predicted molar refractivity (Wildman–Crippen MR) is 128 cm³/mol. The second-order valence-electron chi connectivity index (χ2n) is 7.24. The molecule has 7 heteroatoms. The summed E-state index contributed by atoms with van der Waals surface area (Å²) in [6.07, 6.45) is 9.37. The number of amides is 3. The molecule has 7 nitrogen and oxygen atoms in total. The number of nitrogens with one attached hydrogen (secondary N) is 3. The highest BCUT2D eigenvalue weighted by Crippen LogP contribution is 2.24. The van der Waals surface area contributed by atoms with Crippen molar-refractivity contribution in [1.29, 1.82) is 0 Å². The van der Waals surface area contributed by atoms with E-state index in [4.69, 9.17) is 0 Å². The molecule has 0 saturated carbocycles. The Morgan fingerprint density at radius 1 is 1.03 bits per heavy atom. The third kappa shape index (κ3) is 10.0. The largest absolute Gasteiger partial charge is 0.384 e. The summed E-state index contributed by atoms with van der Waals surface area (Å²) in [5, 5.41) is 18.8. The number of hydrogen-bond donors (Lipinski definition) is 4. The van der Waals surface area contributed by atoms with Gasteiger partial charge in [-0.05, 0) is 42.5 Å². The fourth-order valence-electron chi connectivity index (χ4n) is 2.98. The van der Waals surface area contributed by atoms with Gasteiger partial charge in [-0.1, -0.05) is 55.7 Å². The first-order valence-corrected chi connectivity index (χ1v) is 10.5. The molecular formula is C25H33N3O4. The minimum absolute atomic E-state index is 0.0986. The minimum Gasteiger partial charge on any atom is -0.384 e. The normalized spacial score (nSPS) is 13.2. The van der Waals surface area contributed by atoms with Crippen molar-refractivity contribution in [2.45, 2.75) is 45.3 Å². The molecular weight excluding hydrogens is 406 g/mol. The third-order valence-electron chi connectivity index (χ3n) is 4.53. The van der Waals surface area contributed by atoms with Crippen LogP contribution in [0.25, 0.3) is 0 Å². The number of benzene rings is 1. The lowest BCUT2D eigenvalue weighted by Gasteiger charge is -2.18. The van der Waals surface area contributed by atoms with Crippen molar-refractivity contribution in [1.82, 2.24) is 10.6 Å². The standard InChI is InChI=1S/C25H33N3O4/c1-5-7-11-20(10-6-2)24(31)21-13-15-22(16-14-21)28-25(32)23(27-19(4)30)12-8-9-17-26-18(3)29/h5-7,10-11,13-16,23-24,31H,1-2,8-9,12,17H2,3-4H3,(H,26,29)(H,27,30)(H,28,32)/b11-7-,20-10+. The molecule has 0 radical (unpaired) electrons. The van der Waals surface area contributed by atoms with Crippen molar-refractivity contribution in [3.63, 3.8) is 0 Å². The van der Waals surface area contributed by atoms with Gasteiger partial charge in [-0.3, -0.25) is 14.4 Å². The number of hydrogen-bond acceptors (Lipinski definition) is 4. The van der Waals surface area contributed by atoms with E-state index in [0.717, 1.165) is 0 Å². The number of anilines is 1. The Morgan fingerprint density at radius 3 is 2.28 bits per heavy atom. The highest BCUT2D eigenvalue weighted by atomic mass is 16.3. The van der Waals surface area contributed by atoms with E-state index in [1.165, 1.54) is 13.8 Å². The molecule has 0 saturated heterocycles. The van der Waals surface area contributed by atoms with Gasteiger partial charge in [0.25, 0.3) is 0 Å². The summed E-state index contributed by atoms with van der Waals surface area (Å²) in [6.45, 7) is 10.6. The lowest BCUT2D eigenvalue weighted by atomic mass is 10.00. The van der Waals surface area contributed by atoms with Crippen LogP contribution in [0.2, 0.25) is 0 Å². The fraction of sp³-hybridized carbons (Fsp3) is 0.320. The zero-order valence-electron chi connectivity index (χ0n) is 18.8. The van der Waals surface area contributed by atoms with Crippen molar-refractivity contribution in [3.8, 4) is 0 Å². The van der Waals surface area contributed by atoms with Crippen LogP contribution in [0.3, 0.4) is 0 Å². The van der Waals surface area contributed by atoms with E-state index in [-0.39, 0.29) is 17.7 Å². The van der Waals surface area contributed by atoms with Crippen LogP contribution < -0.4 is 16.0 Å². The van der Waals surface area contributed by atoms with Gasteiger partial charge in [-0.15, -0.1) is 0 Å². The average molecular weight is 440 g/mol. The number of carbonyl (C=O) groups is 3. The van der Waals surface area contributed by atoms with Crippen LogP contribution in [0.15, 0.2) is 73.4 Å². The van der Waals surface area contributed by atoms with E-state index in [1.54, 1.807) is 54.6 Å². The number of allylic oxidation sites excluding steroid dienone is 4. The molecule has 0 bridgehead atoms. The second-order valence-corrected chi connectivity index (χ2v) is 7.24. The molecule has 4 N–H and O–H groups in total. The molecule has 1 rings (SSSR count). The van der Waals surface area contributed by atoms with Gasteiger partial charge in [0, 0.05) is 26.1 Å². The van der Waals surface area contributed by atoms with Crippen molar-refractivity contribution < 1.29 is 19.5 Å². The molecule has 1 aromatic rings. The molecule has 2 atom stereocenters. The summed E-state index contributed by atoms with van der Waals surface area (Å²) in [5.74, 6) is -0.715. The van der Waals surface area contributed by atoms with Crippen LogP contribution in [0, 0.1) is 0 Å². The first-order valence-electron chi connectivity index (χ1n) is 10.5. The van der Waals surface area contributed by atoms with Gasteiger partial charge in [0.1, 0.15) is 12.1 Å². The van der Waals surface area contributed by atoms with E-state index in [0.29, 0.717) is 42.6 Å². The number of aliphatic hydroxyl groups excluding tert-OH is 1. The smallest absolute Gasteiger partial charge is 0.246 e. The molecule has 172 valence electrons. The predicted octanol–water partition coefficient (Wildman–Crippen LogP) is 3.32. The van der Waals surface area contributed by atoms with Crippen LogP contribution in [-0.2, 0) is 14.4 Å². The molecule has 0 heterocycles. The number of aliphatic hydroxyl groups is 1. The van der Waals surface area contributed by atoms with Crippen molar-refractivity contribution in [2.24, 2.45) is 0 Å². The Bertz CT molecular complexity index is 856. The van der Waals surface area contributed by atoms with Gasteiger partial charge in [-0.2, -0.15) is 0 Å². The Kier molecular flexibility index (Phi) is 12.1. The molecule has 32 heavy (non-hydrogen) atoms. The molecule has 2 unspecified atom stereocenters. The van der Waals surface area contributed by atoms with Crippen molar-refractivity contribution in [2.75, 3.05) is 11.9 Å². The monoisotopic (exact) mass is 439 g/mol. The van der Waals surface area contributed by atoms with E-state index in [2.05, 4.69) is 29.1 Å². The zero-order chi connectivity index (χ0) is 23.9. The second kappa shape index (κ2) is 14.5. The molecule has 0 aliphatic carbocycles. The Labute approximate surface area is 190 Å². The summed E-state index contributed by atoms with van der Waals surface area (Å²) in [5.41, 5.74) is 1.86. The molecule has 0 fully saturated rings. The molecule has 0 aromatic heterocycles. The highest BCUT2D eigenvalue weighted by Gasteiger charge is 2.19. The maximum atomic E-state index is 12.7. The third-order valence-corrected chi connectivity index (χ3v) is 4.53. The molecule has 0 spiro atoms. The van der Waals surface area contributed by atoms with Crippen molar-refractivity contribution in [3.05, 3.63) is 78.9 Å². The summed E-state index contributed by atoms with van der Waals surface area (Å²) >= 11 is 0. The maximum absolute atomic E-state index is 12.7. The van der Waals surface area contributed by atoms with Crippen LogP contribution in [0.4, 0.5) is 5.69 Å². The van der Waals surface area contributed by atoms with Gasteiger partial charge in [0.2, 0.25) is 17.7 Å². The Balaban J connectivity index is 2.78. The maximum Gasteiger partial charge on any atom is 0.246 e. The number of rotatable bonds is 13. The van der Waals surface area contributed by atoms with Crippen LogP contribution >= 0.6 is 0 Å². The lowest BCUT2D eigenvalue weighted by Crippen LogP contribution is -2.42. The number of unbranched alkanes of at least 4 members (excludes halogenated alkanes) is 1. The Hall–Kier alpha value is -3.45. The van der Waals surface area contributed by atoms with E-state index in [9.17, 15) is 19.5 Å². The first kappa shape index (κ1) is 26.6. The van der Waals surface area contributed by atoms with Gasteiger partial charge in [0.05, 0.1) is 0 Å². The lowest BCUT2D eigenvalue weighted by molar-refractivity contribution is -0.125. The molecule has 0 aliphatic rings. The molecule has 0 aliphatic heterocycles. The summed E-state index contributed by atoms with van der Waals surface area (Å²) in [7, 11) is 0. The van der Waals surface area contributed by atoms with E-state index >= 15 is 0 Å². The van der Waals surface area contributed by atoms with E-state index < -0.39 is 12.1 Å². The Morgan fingerprint density at radius 2 is 1.72 bits per heavy atom. The zero-order valence-corrected chi connectivity index (χ0v) is 18.8. The summed E-state index contributed by atoms with van der Waals surface area (Å²) in [6, 6.07) is 6.16. The summed E-state index contributed by atoms with van der Waals surface area (Å²) < 4.78 is 0. The van der Waals surface area contributed by atoms with Gasteiger partial charge in [-0.25, -0.2) is 0 Å². The highest BCUT2D eigenvalue weighted by molar-refractivity contribution is 5.96. The van der Waals surface area contributed by atoms with Gasteiger partial charge in [0.15, 0.2) is 0 Å². The van der Waals surface area contributed by atoms with Crippen LogP contribution in [0.1, 0.15) is 44.8 Å². The first-order chi connectivity index (χ1) is 15.3. The fourth-order valence-corrected chi connectivity index (χ4v) is 2.98. The number of carbonyl (C=O) groups excluding carboxylic acids is 3. The van der Waals surface area contributed by atoms with Crippen molar-refractivity contribution >= 4 is 23.4 Å². The minimum atomic E-state index is -0.857. The van der Waals surface area contributed by atoms with Gasteiger partial charge < -0.3 is 21.1 Å².